The largest absolute Gasteiger partial charge is 0.375 e. The molecule has 0 aromatic heterocycles. The summed E-state index contributed by atoms with van der Waals surface area (Å²) in [5.74, 6) is 7.16. The van der Waals surface area contributed by atoms with Crippen LogP contribution >= 0.6 is 23.4 Å². The van der Waals surface area contributed by atoms with Crippen LogP contribution in [-0.2, 0) is 11.2 Å². The molecule has 2 atom stereocenters. The van der Waals surface area contributed by atoms with E-state index in [9.17, 15) is 4.39 Å². The Hall–Kier alpha value is -0.330. The molecule has 3 nitrogen and oxygen atoms in total. The van der Waals surface area contributed by atoms with Crippen molar-refractivity contribution >= 4 is 23.4 Å². The molecule has 1 fully saturated rings. The molecule has 0 bridgehead atoms. The first-order chi connectivity index (χ1) is 8.70. The summed E-state index contributed by atoms with van der Waals surface area (Å²) in [4.78, 5) is 0. The topological polar surface area (TPSA) is 47.3 Å². The van der Waals surface area contributed by atoms with Crippen molar-refractivity contribution < 1.29 is 9.13 Å². The molecule has 18 heavy (non-hydrogen) atoms. The van der Waals surface area contributed by atoms with Crippen LogP contribution in [0.5, 0.6) is 0 Å². The Morgan fingerprint density at radius 1 is 1.61 bits per heavy atom. The summed E-state index contributed by atoms with van der Waals surface area (Å²) in [6.45, 7) is 0.714. The zero-order chi connectivity index (χ0) is 13.0. The van der Waals surface area contributed by atoms with E-state index in [0.717, 1.165) is 11.5 Å². The van der Waals surface area contributed by atoms with Crippen LogP contribution in [0.2, 0.25) is 5.02 Å². The van der Waals surface area contributed by atoms with Gasteiger partial charge in [0, 0.05) is 16.5 Å². The Labute approximate surface area is 115 Å². The van der Waals surface area contributed by atoms with Crippen LogP contribution in [0, 0.1) is 5.82 Å². The molecule has 1 aliphatic heterocycles. The van der Waals surface area contributed by atoms with Crippen molar-refractivity contribution in [1.29, 1.82) is 0 Å². The number of nitrogens with one attached hydrogen (secondary N) is 1. The molecule has 0 saturated carbocycles. The van der Waals surface area contributed by atoms with Gasteiger partial charge in [-0.25, -0.2) is 4.39 Å². The first-order valence-corrected chi connectivity index (χ1v) is 7.33. The smallest absolute Gasteiger partial charge is 0.126 e. The predicted octanol–water partition coefficient (Wildman–Crippen LogP) is 1.99. The Kier molecular flexibility index (Phi) is 5.26. The van der Waals surface area contributed by atoms with Crippen molar-refractivity contribution in [3.05, 3.63) is 34.6 Å². The molecule has 2 unspecified atom stereocenters. The van der Waals surface area contributed by atoms with Crippen LogP contribution < -0.4 is 11.3 Å². The lowest BCUT2D eigenvalue weighted by atomic mass is 10.0. The molecular weight excluding hydrogens is 275 g/mol. The highest BCUT2D eigenvalue weighted by molar-refractivity contribution is 7.99. The summed E-state index contributed by atoms with van der Waals surface area (Å²) >= 11 is 7.70. The van der Waals surface area contributed by atoms with Gasteiger partial charge in [0.2, 0.25) is 0 Å². The number of hydrazine groups is 1. The first-order valence-electron chi connectivity index (χ1n) is 5.80. The van der Waals surface area contributed by atoms with Crippen molar-refractivity contribution in [2.24, 2.45) is 5.84 Å². The number of thioether (sulfide) groups is 1. The monoisotopic (exact) mass is 290 g/mol. The molecule has 1 aromatic rings. The lowest BCUT2D eigenvalue weighted by molar-refractivity contribution is 0.0470. The predicted molar refractivity (Wildman–Crippen MR) is 73.3 cm³/mol. The number of ether oxygens (including phenoxy) is 1. The quantitative estimate of drug-likeness (QED) is 0.658. The lowest BCUT2D eigenvalue weighted by Crippen LogP contribution is -2.49. The molecular formula is C12H16ClFN2OS. The summed E-state index contributed by atoms with van der Waals surface area (Å²) < 4.78 is 19.3. The van der Waals surface area contributed by atoms with E-state index in [4.69, 9.17) is 22.2 Å². The first kappa shape index (κ1) is 14.1. The van der Waals surface area contributed by atoms with Crippen LogP contribution in [-0.4, -0.2) is 30.3 Å². The fourth-order valence-electron chi connectivity index (χ4n) is 1.97. The molecule has 1 heterocycles. The van der Waals surface area contributed by atoms with Crippen LogP contribution in [0.1, 0.15) is 5.56 Å². The maximum Gasteiger partial charge on any atom is 0.126 e. The zero-order valence-corrected chi connectivity index (χ0v) is 11.4. The Balaban J connectivity index is 2.06. The van der Waals surface area contributed by atoms with Crippen molar-refractivity contribution in [2.75, 3.05) is 18.1 Å². The summed E-state index contributed by atoms with van der Waals surface area (Å²) in [6, 6.07) is 4.45. The molecule has 0 amide bonds. The van der Waals surface area contributed by atoms with Crippen molar-refractivity contribution in [3.8, 4) is 0 Å². The van der Waals surface area contributed by atoms with Crippen LogP contribution in [0.3, 0.4) is 0 Å². The number of halogens is 2. The zero-order valence-electron chi connectivity index (χ0n) is 9.86. The van der Waals surface area contributed by atoms with Gasteiger partial charge in [0.05, 0.1) is 18.8 Å². The minimum Gasteiger partial charge on any atom is -0.375 e. The standard InChI is InChI=1S/C12H16ClFN2OS/c13-9-1-2-10(14)8(5-9)6-11(16-15)12-7-18-4-3-17-12/h1-2,5,11-12,16H,3-4,6-7,15H2. The van der Waals surface area contributed by atoms with Crippen LogP contribution in [0.4, 0.5) is 4.39 Å². The van der Waals surface area contributed by atoms with Gasteiger partial charge in [0.15, 0.2) is 0 Å². The molecule has 0 aliphatic carbocycles. The number of hydrogen-bond acceptors (Lipinski definition) is 4. The molecule has 100 valence electrons. The van der Waals surface area contributed by atoms with Gasteiger partial charge in [-0.15, -0.1) is 0 Å². The molecule has 0 spiro atoms. The minimum absolute atomic E-state index is 0.00660. The number of rotatable bonds is 4. The van der Waals surface area contributed by atoms with Gasteiger partial charge in [-0.2, -0.15) is 11.8 Å². The summed E-state index contributed by atoms with van der Waals surface area (Å²) in [6.07, 6.45) is 0.473. The Morgan fingerprint density at radius 3 is 3.11 bits per heavy atom. The summed E-state index contributed by atoms with van der Waals surface area (Å²) in [5, 5.41) is 0.529. The third kappa shape index (κ3) is 3.59. The SMILES string of the molecule is NNC(Cc1cc(Cl)ccc1F)C1CSCCO1. The molecule has 1 saturated heterocycles. The van der Waals surface area contributed by atoms with Gasteiger partial charge in [-0.1, -0.05) is 11.6 Å². The van der Waals surface area contributed by atoms with Gasteiger partial charge in [-0.05, 0) is 30.2 Å². The van der Waals surface area contributed by atoms with Gasteiger partial charge >= 0.3 is 0 Å². The summed E-state index contributed by atoms with van der Waals surface area (Å²) in [5.41, 5.74) is 3.28. The van der Waals surface area contributed by atoms with Crippen molar-refractivity contribution in [1.82, 2.24) is 5.43 Å². The maximum atomic E-state index is 13.7. The average Bonchev–Trinajstić information content (AvgIpc) is 2.41. The lowest BCUT2D eigenvalue weighted by Gasteiger charge is -2.29. The highest BCUT2D eigenvalue weighted by atomic mass is 35.5. The molecule has 0 radical (unpaired) electrons. The third-order valence-electron chi connectivity index (χ3n) is 2.95. The van der Waals surface area contributed by atoms with E-state index in [-0.39, 0.29) is 18.0 Å². The van der Waals surface area contributed by atoms with Gasteiger partial charge in [0.1, 0.15) is 5.82 Å². The average molecular weight is 291 g/mol. The second-order valence-electron chi connectivity index (χ2n) is 4.20. The van der Waals surface area contributed by atoms with Crippen LogP contribution in [0.25, 0.3) is 0 Å². The van der Waals surface area contributed by atoms with Gasteiger partial charge in [-0.3, -0.25) is 11.3 Å². The number of hydrogen-bond donors (Lipinski definition) is 2. The van der Waals surface area contributed by atoms with E-state index < -0.39 is 0 Å². The van der Waals surface area contributed by atoms with Crippen molar-refractivity contribution in [3.63, 3.8) is 0 Å². The molecule has 2 rings (SSSR count). The van der Waals surface area contributed by atoms with Crippen LogP contribution in [0.15, 0.2) is 18.2 Å². The summed E-state index contributed by atoms with van der Waals surface area (Å²) in [7, 11) is 0. The van der Waals surface area contributed by atoms with E-state index in [1.54, 1.807) is 6.07 Å². The molecule has 1 aliphatic rings. The van der Waals surface area contributed by atoms with Gasteiger partial charge in [0.25, 0.3) is 0 Å². The number of benzene rings is 1. The molecule has 3 N–H and O–H groups in total. The Bertz CT molecular complexity index is 402. The van der Waals surface area contributed by atoms with E-state index in [0.29, 0.717) is 23.6 Å². The number of nitrogens with two attached hydrogens (primary N) is 1. The molecule has 1 aromatic carbocycles. The van der Waals surface area contributed by atoms with E-state index >= 15 is 0 Å². The Morgan fingerprint density at radius 2 is 2.44 bits per heavy atom. The minimum atomic E-state index is -0.261. The third-order valence-corrected chi connectivity index (χ3v) is 4.21. The fraction of sp³-hybridized carbons (Fsp3) is 0.500. The van der Waals surface area contributed by atoms with E-state index in [1.165, 1.54) is 12.1 Å². The maximum absolute atomic E-state index is 13.7. The highest BCUT2D eigenvalue weighted by Gasteiger charge is 2.25. The van der Waals surface area contributed by atoms with Crippen molar-refractivity contribution in [2.45, 2.75) is 18.6 Å². The second-order valence-corrected chi connectivity index (χ2v) is 5.78. The van der Waals surface area contributed by atoms with Gasteiger partial charge < -0.3 is 4.74 Å². The van der Waals surface area contributed by atoms with E-state index in [2.05, 4.69) is 5.43 Å². The second kappa shape index (κ2) is 6.73. The fourth-order valence-corrected chi connectivity index (χ4v) is 3.11. The van der Waals surface area contributed by atoms with E-state index in [1.807, 2.05) is 11.8 Å². The highest BCUT2D eigenvalue weighted by Crippen LogP contribution is 2.21. The normalized spacial score (nSPS) is 21.8. The molecule has 6 heteroatoms.